The Bertz CT molecular complexity index is 458. The highest BCUT2D eigenvalue weighted by Crippen LogP contribution is 2.32. The first kappa shape index (κ1) is 20.0. The molecule has 6 N–H and O–H groups in total. The molecule has 2 saturated carbocycles. The fourth-order valence-electron chi connectivity index (χ4n) is 4.54. The Morgan fingerprint density at radius 3 is 2.00 bits per heavy atom. The van der Waals surface area contributed by atoms with E-state index in [4.69, 9.17) is 16.7 Å². The number of hydrogen-bond donors (Lipinski definition) is 3. The third-order valence-corrected chi connectivity index (χ3v) is 6.07. The second-order valence-electron chi connectivity index (χ2n) is 7.50. The van der Waals surface area contributed by atoms with Gasteiger partial charge in [-0.2, -0.15) is 4.99 Å². The van der Waals surface area contributed by atoms with E-state index in [1.54, 1.807) is 10.0 Å². The molecule has 144 valence electrons. The first-order chi connectivity index (χ1) is 12.0. The van der Waals surface area contributed by atoms with Crippen molar-refractivity contribution in [1.29, 1.82) is 0 Å². The van der Waals surface area contributed by atoms with Crippen molar-refractivity contribution in [2.75, 3.05) is 14.1 Å². The van der Waals surface area contributed by atoms with Gasteiger partial charge in [0, 0.05) is 13.1 Å². The van der Waals surface area contributed by atoms with Crippen molar-refractivity contribution < 1.29 is 0 Å². The lowest BCUT2D eigenvalue weighted by molar-refractivity contribution is 0.172. The molecule has 1 aliphatic heterocycles. The molecule has 3 rings (SSSR count). The molecular formula is C18H37N7. The average Bonchev–Trinajstić information content (AvgIpc) is 2.88. The maximum atomic E-state index is 6.30. The van der Waals surface area contributed by atoms with Crippen LogP contribution in [0.5, 0.6) is 0 Å². The average molecular weight is 352 g/mol. The number of nitrogens with two attached hydrogens (primary N) is 3. The van der Waals surface area contributed by atoms with Crippen LogP contribution >= 0.6 is 0 Å². The van der Waals surface area contributed by atoms with Crippen LogP contribution in [0.15, 0.2) is 17.4 Å². The van der Waals surface area contributed by atoms with Gasteiger partial charge in [-0.3, -0.25) is 10.0 Å². The Labute approximate surface area is 152 Å². The SMILES string of the molecule is C=C(N=C1N(N)C2CCCC[C@@H]2N1N)N(C)C1CCCC[C@@H]1C.CN. The zero-order valence-electron chi connectivity index (χ0n) is 16.2. The second kappa shape index (κ2) is 8.87. The Morgan fingerprint density at radius 2 is 1.48 bits per heavy atom. The molecule has 0 spiro atoms. The van der Waals surface area contributed by atoms with E-state index in [0.717, 1.165) is 18.7 Å². The summed E-state index contributed by atoms with van der Waals surface area (Å²) in [5, 5.41) is 3.54. The van der Waals surface area contributed by atoms with Crippen LogP contribution in [0, 0.1) is 5.92 Å². The molecule has 0 aromatic carbocycles. The molecule has 7 heteroatoms. The van der Waals surface area contributed by atoms with Gasteiger partial charge in [0.1, 0.15) is 5.82 Å². The van der Waals surface area contributed by atoms with Crippen LogP contribution in [0.2, 0.25) is 0 Å². The monoisotopic (exact) mass is 351 g/mol. The smallest absolute Gasteiger partial charge is 0.232 e. The van der Waals surface area contributed by atoms with Gasteiger partial charge in [-0.05, 0) is 38.6 Å². The first-order valence-electron chi connectivity index (χ1n) is 9.66. The van der Waals surface area contributed by atoms with E-state index in [1.165, 1.54) is 45.6 Å². The van der Waals surface area contributed by atoms with E-state index in [2.05, 4.69) is 31.2 Å². The van der Waals surface area contributed by atoms with Crippen LogP contribution in [-0.4, -0.2) is 53.1 Å². The number of guanidine groups is 1. The van der Waals surface area contributed by atoms with Crippen LogP contribution in [-0.2, 0) is 0 Å². The minimum atomic E-state index is 0.291. The van der Waals surface area contributed by atoms with E-state index in [1.807, 2.05) is 0 Å². The summed E-state index contributed by atoms with van der Waals surface area (Å²) < 4.78 is 0. The summed E-state index contributed by atoms with van der Waals surface area (Å²) >= 11 is 0. The predicted molar refractivity (Wildman–Crippen MR) is 104 cm³/mol. The first-order valence-corrected chi connectivity index (χ1v) is 9.66. The van der Waals surface area contributed by atoms with E-state index in [-0.39, 0.29) is 0 Å². The van der Waals surface area contributed by atoms with Gasteiger partial charge < -0.3 is 10.6 Å². The molecule has 3 fully saturated rings. The number of aliphatic imine (C=N–C) groups is 1. The third-order valence-electron chi connectivity index (χ3n) is 6.07. The van der Waals surface area contributed by atoms with Crippen molar-refractivity contribution in [3.63, 3.8) is 0 Å². The molecule has 0 aromatic heterocycles. The van der Waals surface area contributed by atoms with E-state index >= 15 is 0 Å². The Morgan fingerprint density at radius 1 is 1.00 bits per heavy atom. The van der Waals surface area contributed by atoms with E-state index < -0.39 is 0 Å². The summed E-state index contributed by atoms with van der Waals surface area (Å²) in [6, 6.07) is 1.10. The van der Waals surface area contributed by atoms with Crippen molar-refractivity contribution >= 4 is 5.96 Å². The van der Waals surface area contributed by atoms with Gasteiger partial charge in [0.05, 0.1) is 12.1 Å². The molecule has 2 aliphatic carbocycles. The number of rotatable bonds is 3. The lowest BCUT2D eigenvalue weighted by atomic mass is 9.85. The van der Waals surface area contributed by atoms with E-state index in [9.17, 15) is 0 Å². The summed E-state index contributed by atoms with van der Waals surface area (Å²) in [4.78, 5) is 6.94. The zero-order valence-corrected chi connectivity index (χ0v) is 16.2. The van der Waals surface area contributed by atoms with Crippen LogP contribution in [0.25, 0.3) is 0 Å². The minimum absolute atomic E-state index is 0.291. The highest BCUT2D eigenvalue weighted by Gasteiger charge is 2.43. The predicted octanol–water partition coefficient (Wildman–Crippen LogP) is 1.58. The van der Waals surface area contributed by atoms with Gasteiger partial charge in [-0.1, -0.05) is 39.2 Å². The molecule has 1 saturated heterocycles. The molecular weight excluding hydrogens is 314 g/mol. The lowest BCUT2D eigenvalue weighted by Gasteiger charge is -2.37. The van der Waals surface area contributed by atoms with Crippen molar-refractivity contribution in [3.8, 4) is 0 Å². The van der Waals surface area contributed by atoms with Crippen LogP contribution in [0.4, 0.5) is 0 Å². The number of hydrogen-bond acceptors (Lipinski definition) is 5. The quantitative estimate of drug-likeness (QED) is 0.668. The normalized spacial score (nSPS) is 33.6. The van der Waals surface area contributed by atoms with Crippen molar-refractivity contribution in [2.45, 2.75) is 76.4 Å². The maximum absolute atomic E-state index is 6.30. The molecule has 2 unspecified atom stereocenters. The molecule has 0 amide bonds. The summed E-state index contributed by atoms with van der Waals surface area (Å²) in [6.45, 7) is 6.52. The second-order valence-corrected chi connectivity index (χ2v) is 7.50. The Balaban J connectivity index is 0.00000109. The molecule has 4 atom stereocenters. The standard InChI is InChI=1S/C17H32N6.CH5N/c1-12-8-4-5-9-14(12)21(3)13(2)20-17-22(18)15-10-6-7-11-16(15)23(17)19;1-2/h12,14-16H,2,4-11,18-19H2,1,3H3;2H2,1H3/t12-,14?,15-,16?;/m0./s1. The van der Waals surface area contributed by atoms with Gasteiger partial charge >= 0.3 is 0 Å². The van der Waals surface area contributed by atoms with Gasteiger partial charge in [0.15, 0.2) is 0 Å². The molecule has 7 nitrogen and oxygen atoms in total. The highest BCUT2D eigenvalue weighted by atomic mass is 15.7. The summed E-state index contributed by atoms with van der Waals surface area (Å²) in [7, 11) is 3.60. The molecule has 25 heavy (non-hydrogen) atoms. The fraction of sp³-hybridized carbons (Fsp3) is 0.833. The number of fused-ring (bicyclic) bond motifs is 1. The van der Waals surface area contributed by atoms with Crippen LogP contribution in [0.3, 0.4) is 0 Å². The number of nitrogens with zero attached hydrogens (tertiary/aromatic N) is 4. The van der Waals surface area contributed by atoms with Gasteiger partial charge in [0.2, 0.25) is 5.96 Å². The zero-order chi connectivity index (χ0) is 18.6. The fourth-order valence-corrected chi connectivity index (χ4v) is 4.54. The molecule has 0 bridgehead atoms. The molecule has 3 aliphatic rings. The highest BCUT2D eigenvalue weighted by molar-refractivity contribution is 5.83. The topological polar surface area (TPSA) is 100 Å². The minimum Gasteiger partial charge on any atom is -0.357 e. The Kier molecular flexibility index (Phi) is 7.10. The van der Waals surface area contributed by atoms with E-state index in [0.29, 0.717) is 30.0 Å². The Hall–Kier alpha value is -1.31. The van der Waals surface area contributed by atoms with Gasteiger partial charge in [-0.25, -0.2) is 11.7 Å². The summed E-state index contributed by atoms with van der Waals surface area (Å²) in [6.07, 6.45) is 9.75. The summed E-state index contributed by atoms with van der Waals surface area (Å²) in [5.41, 5.74) is 4.50. The molecule has 0 aromatic rings. The van der Waals surface area contributed by atoms with Gasteiger partial charge in [0.25, 0.3) is 0 Å². The largest absolute Gasteiger partial charge is 0.357 e. The van der Waals surface area contributed by atoms with Gasteiger partial charge in [-0.15, -0.1) is 0 Å². The van der Waals surface area contributed by atoms with Crippen molar-refractivity contribution in [2.24, 2.45) is 28.3 Å². The summed E-state index contributed by atoms with van der Waals surface area (Å²) in [5.74, 6) is 14.7. The van der Waals surface area contributed by atoms with Crippen LogP contribution < -0.4 is 17.4 Å². The van der Waals surface area contributed by atoms with Crippen LogP contribution in [0.1, 0.15) is 58.3 Å². The lowest BCUT2D eigenvalue weighted by Crippen LogP contribution is -2.44. The maximum Gasteiger partial charge on any atom is 0.232 e. The van der Waals surface area contributed by atoms with Crippen molar-refractivity contribution in [1.82, 2.24) is 14.9 Å². The number of hydrazine groups is 2. The molecule has 0 radical (unpaired) electrons. The molecule has 1 heterocycles. The van der Waals surface area contributed by atoms with Crippen molar-refractivity contribution in [3.05, 3.63) is 12.4 Å². The third kappa shape index (κ3) is 4.10.